The lowest BCUT2D eigenvalue weighted by atomic mass is 10.1. The maximum absolute atomic E-state index is 14.0. The fourth-order valence-corrected chi connectivity index (χ4v) is 5.93. The molecule has 1 aliphatic rings. The summed E-state index contributed by atoms with van der Waals surface area (Å²) >= 11 is 0. The largest absolute Gasteiger partial charge is 0.488 e. The third-order valence-corrected chi connectivity index (χ3v) is 8.04. The van der Waals surface area contributed by atoms with E-state index in [1.807, 2.05) is 24.3 Å². The van der Waals surface area contributed by atoms with Crippen LogP contribution in [0.5, 0.6) is 5.75 Å². The van der Waals surface area contributed by atoms with Gasteiger partial charge in [0.2, 0.25) is 0 Å². The van der Waals surface area contributed by atoms with Gasteiger partial charge in [-0.2, -0.15) is 13.2 Å². The Balaban J connectivity index is 1.25. The number of anilines is 2. The number of rotatable bonds is 8. The van der Waals surface area contributed by atoms with Gasteiger partial charge in [-0.15, -0.1) is 0 Å². The minimum absolute atomic E-state index is 0.147. The van der Waals surface area contributed by atoms with Crippen molar-refractivity contribution in [3.63, 3.8) is 0 Å². The molecule has 216 valence electrons. The SMILES string of the molecule is O=S1CCN(Cc2ccc(-c3ccc4ncnc(Nc5ccc(OCc6cccc(F)c6)c(C(F)(F)F)c5)c4c3)o2)C1. The highest BCUT2D eigenvalue weighted by molar-refractivity contribution is 7.85. The molecule has 0 aliphatic carbocycles. The van der Waals surface area contributed by atoms with Crippen LogP contribution in [0.25, 0.3) is 22.2 Å². The van der Waals surface area contributed by atoms with Crippen LogP contribution in [0.1, 0.15) is 16.9 Å². The number of aromatic nitrogens is 2. The molecule has 3 heterocycles. The van der Waals surface area contributed by atoms with Gasteiger partial charge in [0.15, 0.2) is 0 Å². The molecular weight excluding hydrogens is 572 g/mol. The van der Waals surface area contributed by atoms with Gasteiger partial charge in [-0.25, -0.2) is 14.4 Å². The van der Waals surface area contributed by atoms with Gasteiger partial charge in [0.1, 0.15) is 41.8 Å². The Hall–Kier alpha value is -4.29. The first-order chi connectivity index (χ1) is 20.2. The zero-order valence-electron chi connectivity index (χ0n) is 22.0. The van der Waals surface area contributed by atoms with Crippen molar-refractivity contribution in [2.75, 3.05) is 23.5 Å². The molecule has 1 unspecified atom stereocenters. The Morgan fingerprint density at radius 2 is 1.90 bits per heavy atom. The summed E-state index contributed by atoms with van der Waals surface area (Å²) in [6, 6.07) is 18.3. The van der Waals surface area contributed by atoms with Crippen LogP contribution in [-0.4, -0.2) is 37.3 Å². The maximum Gasteiger partial charge on any atom is 0.420 e. The summed E-state index contributed by atoms with van der Waals surface area (Å²) in [7, 11) is -0.828. The molecular formula is C30H24F4N4O3S. The van der Waals surface area contributed by atoms with Crippen LogP contribution in [0.3, 0.4) is 0 Å². The van der Waals surface area contributed by atoms with Crippen LogP contribution in [0.2, 0.25) is 0 Å². The van der Waals surface area contributed by atoms with Crippen LogP contribution in [0.15, 0.2) is 83.5 Å². The molecule has 6 rings (SSSR count). The topological polar surface area (TPSA) is 80.5 Å². The fraction of sp³-hybridized carbons (Fsp3) is 0.200. The number of furan rings is 1. The third kappa shape index (κ3) is 6.29. The molecule has 0 saturated carbocycles. The predicted molar refractivity (Wildman–Crippen MR) is 151 cm³/mol. The molecule has 1 fully saturated rings. The number of alkyl halides is 3. The molecule has 12 heteroatoms. The summed E-state index contributed by atoms with van der Waals surface area (Å²) in [6.45, 7) is 1.08. The zero-order chi connectivity index (χ0) is 29.3. The van der Waals surface area contributed by atoms with Crippen molar-refractivity contribution < 1.29 is 30.9 Å². The van der Waals surface area contributed by atoms with E-state index in [2.05, 4.69) is 20.2 Å². The van der Waals surface area contributed by atoms with E-state index >= 15 is 0 Å². The molecule has 2 aromatic heterocycles. The Morgan fingerprint density at radius 3 is 2.69 bits per heavy atom. The number of nitrogens with zero attached hydrogens (tertiary/aromatic N) is 3. The Kier molecular flexibility index (Phi) is 7.65. The van der Waals surface area contributed by atoms with Gasteiger partial charge < -0.3 is 14.5 Å². The van der Waals surface area contributed by atoms with E-state index in [1.165, 1.54) is 36.7 Å². The first-order valence-corrected chi connectivity index (χ1v) is 14.5. The van der Waals surface area contributed by atoms with Crippen LogP contribution < -0.4 is 10.1 Å². The summed E-state index contributed by atoms with van der Waals surface area (Å²) in [5.41, 5.74) is 0.911. The van der Waals surface area contributed by atoms with Gasteiger partial charge in [-0.1, -0.05) is 12.1 Å². The Morgan fingerprint density at radius 1 is 1.02 bits per heavy atom. The van der Waals surface area contributed by atoms with Crippen molar-refractivity contribution >= 4 is 33.2 Å². The molecule has 1 aliphatic heterocycles. The Bertz CT molecular complexity index is 1780. The summed E-state index contributed by atoms with van der Waals surface area (Å²) in [5.74, 6) is 1.97. The minimum atomic E-state index is -4.70. The quantitative estimate of drug-likeness (QED) is 0.195. The highest BCUT2D eigenvalue weighted by Crippen LogP contribution is 2.39. The summed E-state index contributed by atoms with van der Waals surface area (Å²) in [4.78, 5) is 10.6. The average molecular weight is 597 g/mol. The number of hydrogen-bond donors (Lipinski definition) is 1. The van der Waals surface area contributed by atoms with Crippen molar-refractivity contribution in [1.82, 2.24) is 14.9 Å². The van der Waals surface area contributed by atoms with E-state index in [0.717, 1.165) is 23.9 Å². The van der Waals surface area contributed by atoms with E-state index in [4.69, 9.17) is 9.15 Å². The van der Waals surface area contributed by atoms with E-state index in [9.17, 15) is 21.8 Å². The van der Waals surface area contributed by atoms with Crippen molar-refractivity contribution in [3.8, 4) is 17.1 Å². The molecule has 1 atom stereocenters. The van der Waals surface area contributed by atoms with E-state index in [1.54, 1.807) is 12.1 Å². The lowest BCUT2D eigenvalue weighted by Gasteiger charge is -2.16. The number of nitrogens with one attached hydrogen (secondary N) is 1. The first kappa shape index (κ1) is 27.9. The smallest absolute Gasteiger partial charge is 0.420 e. The Labute approximate surface area is 240 Å². The predicted octanol–water partition coefficient (Wildman–Crippen LogP) is 6.89. The second-order valence-corrected chi connectivity index (χ2v) is 11.3. The molecule has 0 radical (unpaired) electrons. The lowest BCUT2D eigenvalue weighted by Crippen LogP contribution is -2.18. The van der Waals surface area contributed by atoms with E-state index < -0.39 is 28.4 Å². The number of benzene rings is 3. The molecule has 3 aromatic carbocycles. The van der Waals surface area contributed by atoms with Crippen molar-refractivity contribution in [2.24, 2.45) is 0 Å². The summed E-state index contributed by atoms with van der Waals surface area (Å²) < 4.78 is 78.6. The molecule has 0 amide bonds. The second kappa shape index (κ2) is 11.5. The van der Waals surface area contributed by atoms with Gasteiger partial charge in [0.05, 0.1) is 23.5 Å². The highest BCUT2D eigenvalue weighted by Gasteiger charge is 2.35. The molecule has 7 nitrogen and oxygen atoms in total. The van der Waals surface area contributed by atoms with Crippen LogP contribution in [-0.2, 0) is 30.1 Å². The zero-order valence-corrected chi connectivity index (χ0v) is 22.8. The standard InChI is InChI=1S/C30H24F4N4O3S/c31-21-3-1-2-19(12-21)16-40-28-8-5-22(14-25(28)30(32,33)34)37-29-24-13-20(4-7-26(24)35-17-36-29)27-9-6-23(41-27)15-38-10-11-42(39)18-38/h1-9,12-14,17H,10-11,15-16,18H2,(H,35,36,37). The van der Waals surface area contributed by atoms with Gasteiger partial charge in [0.25, 0.3) is 0 Å². The normalized spacial score (nSPS) is 15.8. The van der Waals surface area contributed by atoms with Crippen LogP contribution >= 0.6 is 0 Å². The number of halogens is 4. The number of fused-ring (bicyclic) bond motifs is 1. The molecule has 0 spiro atoms. The summed E-state index contributed by atoms with van der Waals surface area (Å²) in [6.07, 6.45) is -3.37. The van der Waals surface area contributed by atoms with Crippen LogP contribution in [0.4, 0.5) is 29.1 Å². The number of hydrogen-bond acceptors (Lipinski definition) is 7. The van der Waals surface area contributed by atoms with E-state index in [-0.39, 0.29) is 18.0 Å². The van der Waals surface area contributed by atoms with Crippen LogP contribution in [0, 0.1) is 5.82 Å². The monoisotopic (exact) mass is 596 g/mol. The first-order valence-electron chi connectivity index (χ1n) is 13.0. The minimum Gasteiger partial charge on any atom is -0.488 e. The second-order valence-electron chi connectivity index (χ2n) is 9.80. The number of ether oxygens (including phenoxy) is 1. The van der Waals surface area contributed by atoms with E-state index in [0.29, 0.717) is 46.2 Å². The molecule has 5 aromatic rings. The van der Waals surface area contributed by atoms with Gasteiger partial charge in [0, 0.05) is 39.7 Å². The molecule has 1 N–H and O–H groups in total. The van der Waals surface area contributed by atoms with Crippen molar-refractivity contribution in [1.29, 1.82) is 0 Å². The lowest BCUT2D eigenvalue weighted by molar-refractivity contribution is -0.139. The summed E-state index contributed by atoms with van der Waals surface area (Å²) in [5, 5.41) is 3.57. The van der Waals surface area contributed by atoms with Gasteiger partial charge >= 0.3 is 6.18 Å². The maximum atomic E-state index is 14.0. The van der Waals surface area contributed by atoms with Crippen molar-refractivity contribution in [3.05, 3.63) is 102 Å². The molecule has 42 heavy (non-hydrogen) atoms. The fourth-order valence-electron chi connectivity index (χ4n) is 4.72. The average Bonchev–Trinajstić information content (AvgIpc) is 3.60. The highest BCUT2D eigenvalue weighted by atomic mass is 32.2. The molecule has 1 saturated heterocycles. The van der Waals surface area contributed by atoms with Gasteiger partial charge in [-0.3, -0.25) is 9.11 Å². The third-order valence-electron chi connectivity index (χ3n) is 6.75. The van der Waals surface area contributed by atoms with Gasteiger partial charge in [-0.05, 0) is 66.2 Å². The van der Waals surface area contributed by atoms with Crippen molar-refractivity contribution in [2.45, 2.75) is 19.3 Å². The molecule has 0 bridgehead atoms.